The van der Waals surface area contributed by atoms with Crippen molar-refractivity contribution in [3.05, 3.63) is 81.3 Å². The van der Waals surface area contributed by atoms with Gasteiger partial charge in [0.1, 0.15) is 11.4 Å². The molecule has 0 saturated carbocycles. The summed E-state index contributed by atoms with van der Waals surface area (Å²) in [5.41, 5.74) is -0.819. The van der Waals surface area contributed by atoms with Crippen molar-refractivity contribution >= 4 is 5.91 Å². The van der Waals surface area contributed by atoms with Crippen molar-refractivity contribution in [2.75, 3.05) is 6.54 Å². The zero-order valence-corrected chi connectivity index (χ0v) is 16.7. The highest BCUT2D eigenvalue weighted by Crippen LogP contribution is 2.18. The van der Waals surface area contributed by atoms with Crippen LogP contribution in [-0.4, -0.2) is 32.0 Å². The molecule has 0 aliphatic carbocycles. The van der Waals surface area contributed by atoms with Crippen LogP contribution in [-0.2, 0) is 16.9 Å². The highest BCUT2D eigenvalue weighted by atomic mass is 19.1. The van der Waals surface area contributed by atoms with Crippen LogP contribution in [0.25, 0.3) is 11.3 Å². The maximum absolute atomic E-state index is 13.2. The van der Waals surface area contributed by atoms with Crippen LogP contribution in [0.3, 0.4) is 0 Å². The third-order valence-corrected chi connectivity index (χ3v) is 4.64. The lowest BCUT2D eigenvalue weighted by Gasteiger charge is -2.25. The number of amides is 1. The molecule has 0 unspecified atom stereocenters. The Hall–Kier alpha value is -3.62. The molecule has 0 fully saturated rings. The number of benzene rings is 1. The van der Waals surface area contributed by atoms with E-state index in [4.69, 9.17) is 0 Å². The lowest BCUT2D eigenvalue weighted by Crippen LogP contribution is -2.50. The SMILES string of the molecule is CC(C)(C(=O)NCCCn1ncccc1=O)n1nc(-c2ccc(F)cc2)ccc1=O. The molecule has 2 aromatic heterocycles. The van der Waals surface area contributed by atoms with Gasteiger partial charge in [-0.1, -0.05) is 0 Å². The van der Waals surface area contributed by atoms with Crippen LogP contribution >= 0.6 is 0 Å². The van der Waals surface area contributed by atoms with Crippen molar-refractivity contribution in [1.82, 2.24) is 24.9 Å². The highest BCUT2D eigenvalue weighted by Gasteiger charge is 2.32. The summed E-state index contributed by atoms with van der Waals surface area (Å²) in [6.07, 6.45) is 2.02. The fourth-order valence-corrected chi connectivity index (χ4v) is 2.88. The summed E-state index contributed by atoms with van der Waals surface area (Å²) in [5.74, 6) is -0.763. The molecule has 30 heavy (non-hydrogen) atoms. The summed E-state index contributed by atoms with van der Waals surface area (Å²) >= 11 is 0. The molecule has 1 amide bonds. The summed E-state index contributed by atoms with van der Waals surface area (Å²) in [7, 11) is 0. The van der Waals surface area contributed by atoms with Crippen LogP contribution in [0.4, 0.5) is 4.39 Å². The van der Waals surface area contributed by atoms with E-state index < -0.39 is 11.1 Å². The largest absolute Gasteiger partial charge is 0.354 e. The van der Waals surface area contributed by atoms with Crippen LogP contribution in [0.1, 0.15) is 20.3 Å². The first kappa shape index (κ1) is 21.1. The van der Waals surface area contributed by atoms with E-state index >= 15 is 0 Å². The number of halogens is 1. The lowest BCUT2D eigenvalue weighted by molar-refractivity contribution is -0.129. The zero-order valence-electron chi connectivity index (χ0n) is 16.7. The average Bonchev–Trinajstić information content (AvgIpc) is 2.73. The Morgan fingerprint density at radius 1 is 1.07 bits per heavy atom. The second-order valence-corrected chi connectivity index (χ2v) is 7.23. The fourth-order valence-electron chi connectivity index (χ4n) is 2.88. The molecule has 0 aliphatic rings. The molecule has 3 rings (SSSR count). The Morgan fingerprint density at radius 2 is 1.80 bits per heavy atom. The minimum Gasteiger partial charge on any atom is -0.354 e. The lowest BCUT2D eigenvalue weighted by atomic mass is 10.0. The van der Waals surface area contributed by atoms with E-state index in [2.05, 4.69) is 15.5 Å². The van der Waals surface area contributed by atoms with E-state index in [-0.39, 0.29) is 17.3 Å². The molecule has 0 saturated heterocycles. The summed E-state index contributed by atoms with van der Waals surface area (Å²) in [4.78, 5) is 36.8. The van der Waals surface area contributed by atoms with Gasteiger partial charge in [-0.3, -0.25) is 14.4 Å². The Kier molecular flexibility index (Phi) is 6.20. The molecule has 0 atom stereocenters. The number of aromatic nitrogens is 4. The summed E-state index contributed by atoms with van der Waals surface area (Å²) in [6, 6.07) is 11.6. The summed E-state index contributed by atoms with van der Waals surface area (Å²) in [6.45, 7) is 3.85. The van der Waals surface area contributed by atoms with Crippen LogP contribution < -0.4 is 16.4 Å². The molecule has 1 N–H and O–H groups in total. The molecule has 0 aliphatic heterocycles. The molecule has 8 nitrogen and oxygen atoms in total. The van der Waals surface area contributed by atoms with E-state index in [0.717, 1.165) is 4.68 Å². The first-order valence-electron chi connectivity index (χ1n) is 9.46. The predicted molar refractivity (Wildman–Crippen MR) is 109 cm³/mol. The standard InChI is InChI=1S/C21H22FN5O3/c1-21(2,20(30)23-12-4-14-26-18(28)5-3-13-24-26)27-19(29)11-10-17(25-27)15-6-8-16(22)9-7-15/h3,5-11,13H,4,12,14H2,1-2H3,(H,23,30). The predicted octanol–water partition coefficient (Wildman–Crippen LogP) is 1.55. The molecule has 0 spiro atoms. The van der Waals surface area contributed by atoms with Gasteiger partial charge in [-0.2, -0.15) is 10.2 Å². The number of hydrogen-bond acceptors (Lipinski definition) is 5. The monoisotopic (exact) mass is 411 g/mol. The molecule has 2 heterocycles. The molecule has 3 aromatic rings. The Balaban J connectivity index is 1.70. The quantitative estimate of drug-likeness (QED) is 0.595. The van der Waals surface area contributed by atoms with Crippen molar-refractivity contribution in [2.45, 2.75) is 32.4 Å². The van der Waals surface area contributed by atoms with Crippen LogP contribution in [0.2, 0.25) is 0 Å². The Labute approximate surface area is 172 Å². The van der Waals surface area contributed by atoms with E-state index in [0.29, 0.717) is 30.8 Å². The van der Waals surface area contributed by atoms with Gasteiger partial charge in [-0.05, 0) is 56.7 Å². The zero-order chi connectivity index (χ0) is 21.7. The van der Waals surface area contributed by atoms with Crippen LogP contribution in [0.5, 0.6) is 0 Å². The third kappa shape index (κ3) is 4.68. The minimum atomic E-state index is -1.26. The van der Waals surface area contributed by atoms with E-state index in [1.54, 1.807) is 32.0 Å². The van der Waals surface area contributed by atoms with E-state index in [1.807, 2.05) is 0 Å². The van der Waals surface area contributed by atoms with Gasteiger partial charge >= 0.3 is 0 Å². The number of aryl methyl sites for hydroxylation is 1. The number of carbonyl (C=O) groups is 1. The van der Waals surface area contributed by atoms with Crippen molar-refractivity contribution in [3.8, 4) is 11.3 Å². The number of nitrogens with zero attached hydrogens (tertiary/aromatic N) is 4. The van der Waals surface area contributed by atoms with Gasteiger partial charge in [0.2, 0.25) is 5.91 Å². The van der Waals surface area contributed by atoms with E-state index in [1.165, 1.54) is 41.2 Å². The van der Waals surface area contributed by atoms with Gasteiger partial charge in [0.25, 0.3) is 11.1 Å². The second kappa shape index (κ2) is 8.81. The second-order valence-electron chi connectivity index (χ2n) is 7.23. The van der Waals surface area contributed by atoms with Crippen LogP contribution in [0.15, 0.2) is 64.3 Å². The Bertz CT molecular complexity index is 1150. The maximum Gasteiger partial charge on any atom is 0.267 e. The normalized spacial score (nSPS) is 11.3. The maximum atomic E-state index is 13.2. The minimum absolute atomic E-state index is 0.211. The summed E-state index contributed by atoms with van der Waals surface area (Å²) < 4.78 is 15.6. The molecule has 0 radical (unpaired) electrons. The first-order chi connectivity index (χ1) is 14.3. The van der Waals surface area contributed by atoms with Crippen molar-refractivity contribution in [3.63, 3.8) is 0 Å². The molecule has 9 heteroatoms. The van der Waals surface area contributed by atoms with Gasteiger partial charge in [0.05, 0.1) is 5.69 Å². The topological polar surface area (TPSA) is 98.9 Å². The molecular weight excluding hydrogens is 389 g/mol. The van der Waals surface area contributed by atoms with E-state index in [9.17, 15) is 18.8 Å². The van der Waals surface area contributed by atoms with Gasteiger partial charge < -0.3 is 5.32 Å². The molecule has 0 bridgehead atoms. The molecule has 156 valence electrons. The average molecular weight is 411 g/mol. The highest BCUT2D eigenvalue weighted by molar-refractivity contribution is 5.83. The van der Waals surface area contributed by atoms with Gasteiger partial charge in [0, 0.05) is 37.0 Å². The van der Waals surface area contributed by atoms with Crippen LogP contribution in [0, 0.1) is 5.82 Å². The van der Waals surface area contributed by atoms with Gasteiger partial charge in [-0.15, -0.1) is 0 Å². The fraction of sp³-hybridized carbons (Fsp3) is 0.286. The number of hydrogen-bond donors (Lipinski definition) is 1. The van der Waals surface area contributed by atoms with Crippen molar-refractivity contribution in [1.29, 1.82) is 0 Å². The first-order valence-corrected chi connectivity index (χ1v) is 9.46. The Morgan fingerprint density at radius 3 is 2.50 bits per heavy atom. The van der Waals surface area contributed by atoms with Gasteiger partial charge in [0.15, 0.2) is 0 Å². The third-order valence-electron chi connectivity index (χ3n) is 4.64. The number of rotatable bonds is 7. The summed E-state index contributed by atoms with van der Waals surface area (Å²) in [5, 5.41) is 11.1. The van der Waals surface area contributed by atoms with Crippen molar-refractivity contribution in [2.24, 2.45) is 0 Å². The van der Waals surface area contributed by atoms with Gasteiger partial charge in [-0.25, -0.2) is 13.8 Å². The molecular formula is C21H22FN5O3. The van der Waals surface area contributed by atoms with Crippen molar-refractivity contribution < 1.29 is 9.18 Å². The number of nitrogens with one attached hydrogen (secondary N) is 1. The number of carbonyl (C=O) groups excluding carboxylic acids is 1. The molecule has 1 aromatic carbocycles. The smallest absolute Gasteiger partial charge is 0.267 e.